The first-order valence-corrected chi connectivity index (χ1v) is 14.4. The normalized spacial score (nSPS) is 55.3. The van der Waals surface area contributed by atoms with Crippen LogP contribution in [0, 0.1) is 0 Å². The van der Waals surface area contributed by atoms with Crippen LogP contribution in [0.1, 0.15) is 0 Å². The van der Waals surface area contributed by atoms with Crippen LogP contribution in [0.2, 0.25) is 0 Å². The van der Waals surface area contributed by atoms with Crippen molar-refractivity contribution in [3.05, 3.63) is 0 Å². The molecular weight excluding hydrogens is 634 g/mol. The van der Waals surface area contributed by atoms with Gasteiger partial charge in [-0.15, -0.1) is 0 Å². The summed E-state index contributed by atoms with van der Waals surface area (Å²) in [6, 6.07) is -4.68. The zero-order chi connectivity index (χ0) is 34.5. The number of aliphatic hydroxyl groups excluding tert-OH is 12. The third-order valence-electron chi connectivity index (χ3n) is 9.05. The molecule has 0 spiro atoms. The largest absolute Gasteiger partial charge is 0.394 e. The van der Waals surface area contributed by atoms with Gasteiger partial charge in [-0.2, -0.15) is 0 Å². The van der Waals surface area contributed by atoms with Crippen LogP contribution in [-0.2, 0) is 28.4 Å². The molecule has 19 N–H and O–H groups in total. The maximum atomic E-state index is 11.5. The Morgan fingerprint density at radius 3 is 1.59 bits per heavy atom. The first-order chi connectivity index (χ1) is 21.5. The van der Waals surface area contributed by atoms with Crippen LogP contribution < -0.4 is 17.2 Å². The molecule has 4 fully saturated rings. The van der Waals surface area contributed by atoms with E-state index in [-0.39, 0.29) is 0 Å². The second kappa shape index (κ2) is 14.5. The average Bonchev–Trinajstić information content (AvgIpc) is 3.04. The summed E-state index contributed by atoms with van der Waals surface area (Å²) in [5.74, 6) is -3.36. The minimum absolute atomic E-state index is 0.747. The van der Waals surface area contributed by atoms with Gasteiger partial charge in [0.15, 0.2) is 24.5 Å². The van der Waals surface area contributed by atoms with Gasteiger partial charge in [-0.3, -0.25) is 0 Å². The SMILES string of the molecule is NC1C(O)O[C@H](CO)C(O[C@@H]2O[C@H](CO)C(O[C@@H]3O[C@](CO)(C4(O)O[C@H](CO)[C@@H](O)[C@H](O)[C@H]4O)[C@@H](O)[C@H](O)[C@H]3N)[C@H](O)C2N)C1O. The van der Waals surface area contributed by atoms with Gasteiger partial charge < -0.3 is 112 Å². The van der Waals surface area contributed by atoms with Crippen LogP contribution in [0.15, 0.2) is 0 Å². The number of hydrogen-bond donors (Lipinski definition) is 16. The zero-order valence-corrected chi connectivity index (χ0v) is 24.2. The fourth-order valence-electron chi connectivity index (χ4n) is 6.12. The molecule has 0 aromatic heterocycles. The number of nitrogens with two attached hydrogens (primary N) is 3. The smallest absolute Gasteiger partial charge is 0.230 e. The lowest BCUT2D eigenvalue weighted by molar-refractivity contribution is -0.457. The van der Waals surface area contributed by atoms with E-state index in [4.69, 9.17) is 45.6 Å². The van der Waals surface area contributed by atoms with Crippen molar-refractivity contribution in [3.63, 3.8) is 0 Å². The van der Waals surface area contributed by atoms with E-state index in [9.17, 15) is 66.4 Å². The van der Waals surface area contributed by atoms with Crippen LogP contribution in [-0.4, -0.2) is 214 Å². The molecule has 22 heteroatoms. The van der Waals surface area contributed by atoms with E-state index >= 15 is 0 Å². The fourth-order valence-corrected chi connectivity index (χ4v) is 6.12. The van der Waals surface area contributed by atoms with Crippen molar-refractivity contribution in [1.29, 1.82) is 0 Å². The number of aliphatic hydroxyl groups is 13. The van der Waals surface area contributed by atoms with Gasteiger partial charge in [0.05, 0.1) is 44.6 Å². The van der Waals surface area contributed by atoms with Crippen molar-refractivity contribution in [2.45, 2.75) is 122 Å². The molecule has 4 saturated heterocycles. The lowest BCUT2D eigenvalue weighted by Gasteiger charge is -2.59. The monoisotopic (exact) mass is 679 g/mol. The highest BCUT2D eigenvalue weighted by molar-refractivity contribution is 5.15. The predicted octanol–water partition coefficient (Wildman–Crippen LogP) is -11.1. The number of rotatable bonds is 9. The van der Waals surface area contributed by atoms with Crippen molar-refractivity contribution in [3.8, 4) is 0 Å². The summed E-state index contributed by atoms with van der Waals surface area (Å²) in [7, 11) is 0. The highest BCUT2D eigenvalue weighted by Gasteiger charge is 2.71. The van der Waals surface area contributed by atoms with Crippen molar-refractivity contribution in [2.24, 2.45) is 17.2 Å². The Balaban J connectivity index is 1.59. The molecule has 0 aromatic carbocycles. The lowest BCUT2D eigenvalue weighted by Crippen LogP contribution is -2.83. The van der Waals surface area contributed by atoms with E-state index < -0.39 is 148 Å². The van der Waals surface area contributed by atoms with Crippen LogP contribution in [0.25, 0.3) is 0 Å². The highest BCUT2D eigenvalue weighted by atomic mass is 16.8. The Hall–Kier alpha value is -0.880. The van der Waals surface area contributed by atoms with Gasteiger partial charge in [0, 0.05) is 0 Å². The topological polar surface area (TPSA) is 396 Å². The van der Waals surface area contributed by atoms with Crippen molar-refractivity contribution >= 4 is 0 Å². The van der Waals surface area contributed by atoms with E-state index in [1.54, 1.807) is 0 Å². The Bertz CT molecular complexity index is 1000. The van der Waals surface area contributed by atoms with Crippen molar-refractivity contribution < 1.29 is 94.8 Å². The molecule has 4 aliphatic heterocycles. The summed E-state index contributed by atoms with van der Waals surface area (Å²) in [6.07, 6.45) is -27.9. The Labute approximate surface area is 260 Å². The first-order valence-electron chi connectivity index (χ1n) is 14.4. The molecule has 4 heterocycles. The van der Waals surface area contributed by atoms with Crippen molar-refractivity contribution in [1.82, 2.24) is 0 Å². The Morgan fingerprint density at radius 2 is 1.04 bits per heavy atom. The average molecular weight is 680 g/mol. The Morgan fingerprint density at radius 1 is 0.543 bits per heavy atom. The first kappa shape index (κ1) is 37.9. The highest BCUT2D eigenvalue weighted by Crippen LogP contribution is 2.45. The van der Waals surface area contributed by atoms with E-state index in [2.05, 4.69) is 0 Å². The Kier molecular flexibility index (Phi) is 12.0. The molecule has 270 valence electrons. The van der Waals surface area contributed by atoms with Crippen LogP contribution in [0.3, 0.4) is 0 Å². The standard InChI is InChI=1S/C24H45N3O19/c25-8-12(33)16(6(2-29)41-20(8)39)43-21-9(26)13(34)17(7(3-30)42-21)44-22-10(27)14(35)18(37)23(4-31,46-22)24(40)19(38)15(36)11(32)5(1-28)45-24/h5-22,28-40H,1-4,25-27H2/t5-,6-,7-,8?,9?,10-,11-,12?,13-,14-,15+,16?,17?,18+,19-,20?,21+,22-,23+,24?/m1/s1. The third kappa shape index (κ3) is 6.20. The van der Waals surface area contributed by atoms with Gasteiger partial charge in [0.2, 0.25) is 5.79 Å². The number of hydrogen-bond acceptors (Lipinski definition) is 22. The summed E-state index contributed by atoms with van der Waals surface area (Å²) in [5, 5.41) is 136. The maximum absolute atomic E-state index is 11.5. The molecule has 46 heavy (non-hydrogen) atoms. The van der Waals surface area contributed by atoms with Gasteiger partial charge in [-0.25, -0.2) is 0 Å². The second-order valence-corrected chi connectivity index (χ2v) is 11.8. The van der Waals surface area contributed by atoms with E-state index in [1.165, 1.54) is 0 Å². The lowest BCUT2D eigenvalue weighted by atomic mass is 9.74. The van der Waals surface area contributed by atoms with Gasteiger partial charge in [0.25, 0.3) is 0 Å². The fraction of sp³-hybridized carbons (Fsp3) is 1.00. The van der Waals surface area contributed by atoms with Gasteiger partial charge in [0.1, 0.15) is 73.2 Å². The van der Waals surface area contributed by atoms with Gasteiger partial charge in [-0.05, 0) is 0 Å². The van der Waals surface area contributed by atoms with E-state index in [0.29, 0.717) is 0 Å². The van der Waals surface area contributed by atoms with Crippen LogP contribution >= 0.6 is 0 Å². The molecule has 20 atom stereocenters. The molecule has 0 bridgehead atoms. The molecule has 7 unspecified atom stereocenters. The molecular formula is C24H45N3O19. The molecule has 4 rings (SSSR count). The van der Waals surface area contributed by atoms with Gasteiger partial charge >= 0.3 is 0 Å². The quantitative estimate of drug-likeness (QED) is 0.107. The van der Waals surface area contributed by atoms with Gasteiger partial charge in [-0.1, -0.05) is 0 Å². The molecule has 0 aliphatic carbocycles. The summed E-state index contributed by atoms with van der Waals surface area (Å²) in [4.78, 5) is 0. The minimum atomic E-state index is -3.36. The van der Waals surface area contributed by atoms with Crippen LogP contribution in [0.4, 0.5) is 0 Å². The minimum Gasteiger partial charge on any atom is -0.394 e. The zero-order valence-electron chi connectivity index (χ0n) is 24.2. The van der Waals surface area contributed by atoms with E-state index in [0.717, 1.165) is 0 Å². The van der Waals surface area contributed by atoms with E-state index in [1.807, 2.05) is 0 Å². The van der Waals surface area contributed by atoms with Crippen molar-refractivity contribution in [2.75, 3.05) is 26.4 Å². The third-order valence-corrected chi connectivity index (χ3v) is 9.05. The summed E-state index contributed by atoms with van der Waals surface area (Å²) < 4.78 is 33.1. The molecule has 0 aromatic rings. The summed E-state index contributed by atoms with van der Waals surface area (Å²) in [5.41, 5.74) is 14.8. The molecule has 0 saturated carbocycles. The summed E-state index contributed by atoms with van der Waals surface area (Å²) >= 11 is 0. The summed E-state index contributed by atoms with van der Waals surface area (Å²) in [6.45, 7) is -4.16. The van der Waals surface area contributed by atoms with Crippen LogP contribution in [0.5, 0.6) is 0 Å². The number of ether oxygens (including phenoxy) is 6. The second-order valence-electron chi connectivity index (χ2n) is 11.8. The molecule has 4 aliphatic rings. The molecule has 0 radical (unpaired) electrons. The predicted molar refractivity (Wildman–Crippen MR) is 141 cm³/mol. The maximum Gasteiger partial charge on any atom is 0.230 e. The molecule has 0 amide bonds. The molecule has 22 nitrogen and oxygen atoms in total.